The van der Waals surface area contributed by atoms with Crippen LogP contribution in [0.2, 0.25) is 0 Å². The monoisotopic (exact) mass is 323 g/mol. The molecule has 0 saturated heterocycles. The molecule has 0 radical (unpaired) electrons. The topological polar surface area (TPSA) is 51.5 Å². The second kappa shape index (κ2) is 5.48. The minimum atomic E-state index is -0.907. The van der Waals surface area contributed by atoms with Crippen molar-refractivity contribution in [2.45, 2.75) is 13.5 Å². The van der Waals surface area contributed by atoms with Crippen LogP contribution in [-0.4, -0.2) is 22.8 Å². The number of carboxylic acid groups (broad SMARTS) is 1. The van der Waals surface area contributed by atoms with Crippen molar-refractivity contribution in [1.82, 2.24) is 4.57 Å². The number of halogens is 1. The first-order valence-electron chi connectivity index (χ1n) is 5.74. The molecule has 0 aliphatic carbocycles. The van der Waals surface area contributed by atoms with Crippen molar-refractivity contribution >= 4 is 21.9 Å². The third-order valence-corrected chi connectivity index (χ3v) is 3.56. The van der Waals surface area contributed by atoms with Crippen LogP contribution < -0.4 is 4.74 Å². The predicted octanol–water partition coefficient (Wildman–Crippen LogP) is 3.31. The summed E-state index contributed by atoms with van der Waals surface area (Å²) in [5.74, 6) is -0.152. The van der Waals surface area contributed by atoms with E-state index in [0.29, 0.717) is 12.2 Å². The van der Waals surface area contributed by atoms with Crippen LogP contribution in [0.15, 0.2) is 34.9 Å². The van der Waals surface area contributed by atoms with Crippen molar-refractivity contribution in [3.05, 3.63) is 51.8 Å². The van der Waals surface area contributed by atoms with Crippen LogP contribution in [0.4, 0.5) is 0 Å². The molecule has 0 saturated carbocycles. The van der Waals surface area contributed by atoms with Crippen LogP contribution in [0, 0.1) is 6.92 Å². The molecule has 5 heteroatoms. The third-order valence-electron chi connectivity index (χ3n) is 2.94. The number of aryl methyl sites for hydroxylation is 1. The Kier molecular flexibility index (Phi) is 3.95. The van der Waals surface area contributed by atoms with Gasteiger partial charge in [0.25, 0.3) is 0 Å². The average molecular weight is 324 g/mol. The van der Waals surface area contributed by atoms with Gasteiger partial charge >= 0.3 is 5.97 Å². The number of benzene rings is 1. The molecule has 0 aliphatic rings. The van der Waals surface area contributed by atoms with Crippen molar-refractivity contribution in [2.24, 2.45) is 0 Å². The Bertz CT molecular complexity index is 619. The Morgan fingerprint density at radius 3 is 2.74 bits per heavy atom. The molecule has 1 aromatic carbocycles. The Hall–Kier alpha value is -1.75. The summed E-state index contributed by atoms with van der Waals surface area (Å²) in [5.41, 5.74) is 2.10. The third kappa shape index (κ3) is 2.81. The lowest BCUT2D eigenvalue weighted by molar-refractivity contribution is 0.0685. The summed E-state index contributed by atoms with van der Waals surface area (Å²) >= 11 is 3.42. The first-order chi connectivity index (χ1) is 9.02. The number of methoxy groups -OCH3 is 1. The second-order valence-electron chi connectivity index (χ2n) is 4.25. The molecular weight excluding hydrogens is 310 g/mol. The van der Waals surface area contributed by atoms with Crippen molar-refractivity contribution in [3.8, 4) is 5.75 Å². The van der Waals surface area contributed by atoms with E-state index in [1.165, 1.54) is 0 Å². The number of hydrogen-bond acceptors (Lipinski definition) is 2. The van der Waals surface area contributed by atoms with Gasteiger partial charge < -0.3 is 14.4 Å². The zero-order valence-corrected chi connectivity index (χ0v) is 12.3. The largest absolute Gasteiger partial charge is 0.496 e. The summed E-state index contributed by atoms with van der Waals surface area (Å²) in [6.07, 6.45) is 1.79. The van der Waals surface area contributed by atoms with Gasteiger partial charge in [-0.15, -0.1) is 0 Å². The predicted molar refractivity (Wildman–Crippen MR) is 75.9 cm³/mol. The van der Waals surface area contributed by atoms with Gasteiger partial charge in [-0.2, -0.15) is 0 Å². The maximum Gasteiger partial charge on any atom is 0.352 e. The summed E-state index contributed by atoms with van der Waals surface area (Å²) < 4.78 is 7.75. The zero-order chi connectivity index (χ0) is 14.0. The molecule has 19 heavy (non-hydrogen) atoms. The molecule has 2 rings (SSSR count). The van der Waals surface area contributed by atoms with Gasteiger partial charge in [0, 0.05) is 12.7 Å². The van der Waals surface area contributed by atoms with E-state index in [-0.39, 0.29) is 0 Å². The molecule has 0 atom stereocenters. The van der Waals surface area contributed by atoms with Crippen molar-refractivity contribution in [2.75, 3.05) is 7.11 Å². The summed E-state index contributed by atoms with van der Waals surface area (Å²) in [7, 11) is 1.61. The fourth-order valence-corrected chi connectivity index (χ4v) is 2.60. The number of carboxylic acids is 1. The smallest absolute Gasteiger partial charge is 0.352 e. The van der Waals surface area contributed by atoms with Gasteiger partial charge in [0.05, 0.1) is 11.6 Å². The van der Waals surface area contributed by atoms with Gasteiger partial charge in [0.2, 0.25) is 0 Å². The summed E-state index contributed by atoms with van der Waals surface area (Å²) in [6.45, 7) is 2.31. The van der Waals surface area contributed by atoms with Gasteiger partial charge in [-0.3, -0.25) is 0 Å². The Labute approximate surface area is 119 Å². The SMILES string of the molecule is COc1ccc(Cn2ccc(C)c2C(=O)O)cc1Br. The molecule has 0 bridgehead atoms. The molecular formula is C14H14BrNO3. The lowest BCUT2D eigenvalue weighted by Gasteiger charge is -2.09. The molecule has 0 spiro atoms. The molecule has 4 nitrogen and oxygen atoms in total. The average Bonchev–Trinajstić information content (AvgIpc) is 2.70. The van der Waals surface area contributed by atoms with Gasteiger partial charge in [-0.05, 0) is 52.2 Å². The van der Waals surface area contributed by atoms with Crippen LogP contribution in [0.5, 0.6) is 5.75 Å². The maximum atomic E-state index is 11.2. The zero-order valence-electron chi connectivity index (χ0n) is 10.7. The van der Waals surface area contributed by atoms with Crippen LogP contribution in [0.1, 0.15) is 21.6 Å². The minimum Gasteiger partial charge on any atom is -0.496 e. The molecule has 0 aliphatic heterocycles. The fraction of sp³-hybridized carbons (Fsp3) is 0.214. The Morgan fingerprint density at radius 1 is 1.42 bits per heavy atom. The van der Waals surface area contributed by atoms with Crippen molar-refractivity contribution < 1.29 is 14.6 Å². The van der Waals surface area contributed by atoms with E-state index in [2.05, 4.69) is 15.9 Å². The number of carbonyl (C=O) groups is 1. The number of nitrogens with zero attached hydrogens (tertiary/aromatic N) is 1. The van der Waals surface area contributed by atoms with E-state index in [4.69, 9.17) is 4.74 Å². The molecule has 2 aromatic rings. The van der Waals surface area contributed by atoms with Gasteiger partial charge in [0.1, 0.15) is 11.4 Å². The van der Waals surface area contributed by atoms with Gasteiger partial charge in [0.15, 0.2) is 0 Å². The summed E-state index contributed by atoms with van der Waals surface area (Å²) in [4.78, 5) is 11.2. The van der Waals surface area contributed by atoms with E-state index in [9.17, 15) is 9.90 Å². The van der Waals surface area contributed by atoms with Gasteiger partial charge in [-0.25, -0.2) is 4.79 Å². The van der Waals surface area contributed by atoms with E-state index in [1.54, 1.807) is 24.8 Å². The van der Waals surface area contributed by atoms with Gasteiger partial charge in [-0.1, -0.05) is 6.07 Å². The molecule has 100 valence electrons. The minimum absolute atomic E-state index is 0.326. The van der Waals surface area contributed by atoms with E-state index in [0.717, 1.165) is 21.3 Å². The van der Waals surface area contributed by atoms with Crippen LogP contribution >= 0.6 is 15.9 Å². The maximum absolute atomic E-state index is 11.2. The fourth-order valence-electron chi connectivity index (χ4n) is 2.01. The summed E-state index contributed by atoms with van der Waals surface area (Å²) in [6, 6.07) is 7.52. The van der Waals surface area contributed by atoms with Crippen molar-refractivity contribution in [3.63, 3.8) is 0 Å². The van der Waals surface area contributed by atoms with Crippen LogP contribution in [0.25, 0.3) is 0 Å². The standard InChI is InChI=1S/C14H14BrNO3/c1-9-5-6-16(13(9)14(17)18)8-10-3-4-12(19-2)11(15)7-10/h3-7H,8H2,1-2H3,(H,17,18). The summed E-state index contributed by atoms with van der Waals surface area (Å²) in [5, 5.41) is 9.20. The number of aromatic carboxylic acids is 1. The first kappa shape index (κ1) is 13.7. The molecule has 1 N–H and O–H groups in total. The number of hydrogen-bond donors (Lipinski definition) is 1. The van der Waals surface area contributed by atoms with E-state index < -0.39 is 5.97 Å². The lowest BCUT2D eigenvalue weighted by Crippen LogP contribution is -2.10. The van der Waals surface area contributed by atoms with Crippen molar-refractivity contribution in [1.29, 1.82) is 0 Å². The molecule has 0 amide bonds. The highest BCUT2D eigenvalue weighted by Crippen LogP contribution is 2.26. The Morgan fingerprint density at radius 2 is 2.16 bits per heavy atom. The van der Waals surface area contributed by atoms with E-state index >= 15 is 0 Å². The Balaban J connectivity index is 2.31. The molecule has 0 fully saturated rings. The second-order valence-corrected chi connectivity index (χ2v) is 5.10. The lowest BCUT2D eigenvalue weighted by atomic mass is 10.2. The van der Waals surface area contributed by atoms with E-state index in [1.807, 2.05) is 24.3 Å². The molecule has 0 unspecified atom stereocenters. The normalized spacial score (nSPS) is 10.5. The first-order valence-corrected chi connectivity index (χ1v) is 6.53. The van der Waals surface area contributed by atoms with Crippen LogP contribution in [-0.2, 0) is 6.54 Å². The number of ether oxygens (including phenoxy) is 1. The highest BCUT2D eigenvalue weighted by molar-refractivity contribution is 9.10. The highest BCUT2D eigenvalue weighted by atomic mass is 79.9. The van der Waals surface area contributed by atoms with Crippen LogP contribution in [0.3, 0.4) is 0 Å². The number of rotatable bonds is 4. The quantitative estimate of drug-likeness (QED) is 0.939. The highest BCUT2D eigenvalue weighted by Gasteiger charge is 2.13. The number of aromatic nitrogens is 1. The molecule has 1 aromatic heterocycles. The molecule has 1 heterocycles.